The predicted octanol–water partition coefficient (Wildman–Crippen LogP) is 3.12. The molecule has 0 unspecified atom stereocenters. The van der Waals surface area contributed by atoms with Crippen molar-refractivity contribution in [2.45, 2.75) is 33.0 Å². The van der Waals surface area contributed by atoms with Crippen LogP contribution < -0.4 is 4.74 Å². The number of methoxy groups -OCH3 is 2. The molecule has 0 aliphatic heterocycles. The van der Waals surface area contributed by atoms with Gasteiger partial charge in [-0.15, -0.1) is 0 Å². The van der Waals surface area contributed by atoms with Crippen LogP contribution in [0.1, 0.15) is 30.9 Å². The van der Waals surface area contributed by atoms with Crippen LogP contribution in [0, 0.1) is 6.92 Å². The molecule has 0 N–H and O–H groups in total. The molecule has 0 spiro atoms. The topological polar surface area (TPSA) is 27.7 Å². The van der Waals surface area contributed by atoms with Gasteiger partial charge in [0, 0.05) is 14.2 Å². The average molecular weight is 238 g/mol. The summed E-state index contributed by atoms with van der Waals surface area (Å²) in [5, 5.41) is 0. The van der Waals surface area contributed by atoms with Gasteiger partial charge in [0.1, 0.15) is 12.4 Å². The van der Waals surface area contributed by atoms with Gasteiger partial charge in [-0.2, -0.15) is 0 Å². The zero-order valence-corrected chi connectivity index (χ0v) is 11.3. The standard InChI is InChI=1S/C14H22O3/c1-10(2)12-6-11(3)7-13(8-12)17-9-14(15-4)16-5/h6-8,10,14H,9H2,1-5H3. The predicted molar refractivity (Wildman–Crippen MR) is 68.6 cm³/mol. The molecule has 0 radical (unpaired) electrons. The molecule has 0 saturated carbocycles. The maximum atomic E-state index is 5.67. The van der Waals surface area contributed by atoms with E-state index in [1.54, 1.807) is 14.2 Å². The molecule has 96 valence electrons. The van der Waals surface area contributed by atoms with Crippen LogP contribution in [0.3, 0.4) is 0 Å². The molecule has 0 amide bonds. The zero-order valence-electron chi connectivity index (χ0n) is 11.3. The highest BCUT2D eigenvalue weighted by atomic mass is 16.7. The van der Waals surface area contributed by atoms with Gasteiger partial charge in [0.2, 0.25) is 0 Å². The van der Waals surface area contributed by atoms with Gasteiger partial charge in [0.25, 0.3) is 0 Å². The first kappa shape index (κ1) is 14.0. The van der Waals surface area contributed by atoms with E-state index in [2.05, 4.69) is 32.9 Å². The Kier molecular flexibility index (Phi) is 5.45. The van der Waals surface area contributed by atoms with Gasteiger partial charge in [-0.3, -0.25) is 0 Å². The van der Waals surface area contributed by atoms with E-state index in [-0.39, 0.29) is 6.29 Å². The van der Waals surface area contributed by atoms with E-state index in [4.69, 9.17) is 14.2 Å². The molecule has 1 aromatic rings. The van der Waals surface area contributed by atoms with Gasteiger partial charge in [0.05, 0.1) is 0 Å². The van der Waals surface area contributed by atoms with Crippen molar-refractivity contribution in [3.63, 3.8) is 0 Å². The van der Waals surface area contributed by atoms with Gasteiger partial charge >= 0.3 is 0 Å². The largest absolute Gasteiger partial charge is 0.488 e. The van der Waals surface area contributed by atoms with Gasteiger partial charge in [0.15, 0.2) is 6.29 Å². The first-order valence-corrected chi connectivity index (χ1v) is 5.86. The van der Waals surface area contributed by atoms with E-state index in [0.717, 1.165) is 5.75 Å². The van der Waals surface area contributed by atoms with Crippen LogP contribution >= 0.6 is 0 Å². The van der Waals surface area contributed by atoms with Crippen molar-refractivity contribution in [3.05, 3.63) is 29.3 Å². The molecule has 0 bridgehead atoms. The Hall–Kier alpha value is -1.06. The molecule has 0 fully saturated rings. The van der Waals surface area contributed by atoms with Crippen LogP contribution in [-0.4, -0.2) is 27.1 Å². The van der Waals surface area contributed by atoms with Crippen molar-refractivity contribution in [3.8, 4) is 5.75 Å². The summed E-state index contributed by atoms with van der Waals surface area (Å²) in [7, 11) is 3.21. The maximum Gasteiger partial charge on any atom is 0.191 e. The Morgan fingerprint density at radius 1 is 1.06 bits per heavy atom. The Labute approximate surface area is 104 Å². The molecule has 17 heavy (non-hydrogen) atoms. The number of ether oxygens (including phenoxy) is 3. The van der Waals surface area contributed by atoms with Crippen molar-refractivity contribution >= 4 is 0 Å². The minimum Gasteiger partial charge on any atom is -0.488 e. The lowest BCUT2D eigenvalue weighted by Gasteiger charge is -2.16. The molecule has 3 nitrogen and oxygen atoms in total. The van der Waals surface area contributed by atoms with Crippen molar-refractivity contribution in [2.75, 3.05) is 20.8 Å². The van der Waals surface area contributed by atoms with Crippen LogP contribution in [0.4, 0.5) is 0 Å². The minimum absolute atomic E-state index is 0.321. The van der Waals surface area contributed by atoms with Crippen molar-refractivity contribution in [1.29, 1.82) is 0 Å². The molecule has 1 aromatic carbocycles. The first-order valence-electron chi connectivity index (χ1n) is 5.86. The van der Waals surface area contributed by atoms with E-state index in [1.807, 2.05) is 6.07 Å². The fourth-order valence-corrected chi connectivity index (χ4v) is 1.59. The summed E-state index contributed by atoms with van der Waals surface area (Å²) in [5.74, 6) is 1.37. The smallest absolute Gasteiger partial charge is 0.191 e. The molecule has 0 aliphatic carbocycles. The molecular formula is C14H22O3. The second-order valence-electron chi connectivity index (χ2n) is 4.45. The monoisotopic (exact) mass is 238 g/mol. The van der Waals surface area contributed by atoms with E-state index in [1.165, 1.54) is 11.1 Å². The number of aryl methyl sites for hydroxylation is 1. The minimum atomic E-state index is -0.321. The Morgan fingerprint density at radius 3 is 2.24 bits per heavy atom. The highest BCUT2D eigenvalue weighted by molar-refractivity contribution is 5.35. The molecule has 0 aromatic heterocycles. The van der Waals surface area contributed by atoms with Crippen LogP contribution in [0.2, 0.25) is 0 Å². The van der Waals surface area contributed by atoms with Crippen molar-refractivity contribution < 1.29 is 14.2 Å². The van der Waals surface area contributed by atoms with Gasteiger partial charge < -0.3 is 14.2 Å². The summed E-state index contributed by atoms with van der Waals surface area (Å²) in [4.78, 5) is 0. The third kappa shape index (κ3) is 4.36. The van der Waals surface area contributed by atoms with Crippen LogP contribution in [0.15, 0.2) is 18.2 Å². The number of rotatable bonds is 6. The quantitative estimate of drug-likeness (QED) is 0.713. The molecule has 0 heterocycles. The lowest BCUT2D eigenvalue weighted by Crippen LogP contribution is -2.22. The molecular weight excluding hydrogens is 216 g/mol. The number of hydrogen-bond acceptors (Lipinski definition) is 3. The summed E-state index contributed by atoms with van der Waals surface area (Å²) in [5.41, 5.74) is 2.49. The second-order valence-corrected chi connectivity index (χ2v) is 4.45. The normalized spacial score (nSPS) is 11.2. The van der Waals surface area contributed by atoms with E-state index in [9.17, 15) is 0 Å². The highest BCUT2D eigenvalue weighted by Crippen LogP contribution is 2.22. The Balaban J connectivity index is 2.70. The van der Waals surface area contributed by atoms with Crippen LogP contribution in [-0.2, 0) is 9.47 Å². The Morgan fingerprint density at radius 2 is 1.71 bits per heavy atom. The fraction of sp³-hybridized carbons (Fsp3) is 0.571. The molecule has 3 heteroatoms. The molecule has 0 aliphatic rings. The van der Waals surface area contributed by atoms with Gasteiger partial charge in [-0.1, -0.05) is 19.9 Å². The van der Waals surface area contributed by atoms with Crippen LogP contribution in [0.5, 0.6) is 5.75 Å². The molecule has 0 saturated heterocycles. The lowest BCUT2D eigenvalue weighted by molar-refractivity contribution is -0.121. The highest BCUT2D eigenvalue weighted by Gasteiger charge is 2.08. The first-order chi connectivity index (χ1) is 8.06. The van der Waals surface area contributed by atoms with Gasteiger partial charge in [-0.05, 0) is 36.1 Å². The van der Waals surface area contributed by atoms with E-state index < -0.39 is 0 Å². The second kappa shape index (κ2) is 6.62. The van der Waals surface area contributed by atoms with Gasteiger partial charge in [-0.25, -0.2) is 0 Å². The summed E-state index contributed by atoms with van der Waals surface area (Å²) >= 11 is 0. The summed E-state index contributed by atoms with van der Waals surface area (Å²) in [6.07, 6.45) is -0.321. The van der Waals surface area contributed by atoms with E-state index >= 15 is 0 Å². The van der Waals surface area contributed by atoms with Crippen molar-refractivity contribution in [2.24, 2.45) is 0 Å². The Bertz CT molecular complexity index is 343. The van der Waals surface area contributed by atoms with E-state index in [0.29, 0.717) is 12.5 Å². The average Bonchev–Trinajstić information content (AvgIpc) is 2.29. The van der Waals surface area contributed by atoms with Crippen molar-refractivity contribution in [1.82, 2.24) is 0 Å². The zero-order chi connectivity index (χ0) is 12.8. The SMILES string of the molecule is COC(COc1cc(C)cc(C(C)C)c1)OC. The fourth-order valence-electron chi connectivity index (χ4n) is 1.59. The number of benzene rings is 1. The van der Waals surface area contributed by atoms with Crippen LogP contribution in [0.25, 0.3) is 0 Å². The molecule has 1 rings (SSSR count). The third-order valence-electron chi connectivity index (χ3n) is 2.65. The lowest BCUT2D eigenvalue weighted by atomic mass is 10.0. The molecule has 0 atom stereocenters. The third-order valence-corrected chi connectivity index (χ3v) is 2.65. The number of hydrogen-bond donors (Lipinski definition) is 0. The summed E-state index contributed by atoms with van der Waals surface area (Å²) < 4.78 is 15.8. The summed E-state index contributed by atoms with van der Waals surface area (Å²) in [6.45, 7) is 6.81. The summed E-state index contributed by atoms with van der Waals surface area (Å²) in [6, 6.07) is 6.27. The maximum absolute atomic E-state index is 5.67.